The zero-order valence-corrected chi connectivity index (χ0v) is 26.2. The number of alkyl carbamates (subject to hydrolysis) is 1. The number of sulfone groups is 1. The summed E-state index contributed by atoms with van der Waals surface area (Å²) in [5, 5.41) is 4.56. The average molecular weight is 605 g/mol. The zero-order valence-electron chi connectivity index (χ0n) is 25.4. The van der Waals surface area contributed by atoms with Crippen molar-refractivity contribution in [2.24, 2.45) is 17.8 Å². The second-order valence-electron chi connectivity index (χ2n) is 13.1. The fourth-order valence-corrected chi connectivity index (χ4v) is 9.24. The van der Waals surface area contributed by atoms with Gasteiger partial charge in [-0.25, -0.2) is 13.2 Å². The highest BCUT2D eigenvalue weighted by molar-refractivity contribution is 7.96. The molecule has 0 spiro atoms. The molecular weight excluding hydrogens is 560 g/mol. The Bertz CT molecular complexity index is 1460. The fourth-order valence-electron chi connectivity index (χ4n) is 8.61. The Morgan fingerprint density at radius 2 is 1.79 bits per heavy atom. The van der Waals surface area contributed by atoms with Crippen LogP contribution in [-0.4, -0.2) is 83.8 Å². The molecule has 1 N–H and O–H groups in total. The van der Waals surface area contributed by atoms with E-state index in [9.17, 15) is 13.2 Å². The highest BCUT2D eigenvalue weighted by Crippen LogP contribution is 2.54. The van der Waals surface area contributed by atoms with E-state index in [-0.39, 0.29) is 22.5 Å². The smallest absolute Gasteiger partial charge is 0.407 e. The predicted molar refractivity (Wildman–Crippen MR) is 168 cm³/mol. The van der Waals surface area contributed by atoms with Gasteiger partial charge in [-0.1, -0.05) is 24.3 Å². The SMILES string of the molecule is C#CS(=O)(=O)c1ccc(N2CC(CN3CCC([C@@]4([C@H]5CCC[C@@H]5OC(=O)NC)CN(C)Cc5ccccc54)CC3)C2)cc1. The van der Waals surface area contributed by atoms with Crippen LogP contribution in [0.15, 0.2) is 53.4 Å². The molecule has 0 unspecified atom stereocenters. The molecule has 6 rings (SSSR count). The van der Waals surface area contributed by atoms with Gasteiger partial charge in [0.25, 0.3) is 0 Å². The van der Waals surface area contributed by atoms with Gasteiger partial charge in [-0.2, -0.15) is 0 Å². The minimum absolute atomic E-state index is 0.0306. The first-order valence-corrected chi connectivity index (χ1v) is 17.2. The van der Waals surface area contributed by atoms with Crippen molar-refractivity contribution >= 4 is 21.6 Å². The van der Waals surface area contributed by atoms with Gasteiger partial charge in [-0.3, -0.25) is 0 Å². The summed E-state index contributed by atoms with van der Waals surface area (Å²) in [7, 11) is 0.252. The van der Waals surface area contributed by atoms with Crippen LogP contribution >= 0.6 is 0 Å². The summed E-state index contributed by atoms with van der Waals surface area (Å²) in [5.74, 6) is 1.44. The second-order valence-corrected chi connectivity index (χ2v) is 14.8. The third kappa shape index (κ3) is 5.77. The number of hydrogen-bond donors (Lipinski definition) is 1. The van der Waals surface area contributed by atoms with Gasteiger partial charge in [0.15, 0.2) is 0 Å². The van der Waals surface area contributed by atoms with Gasteiger partial charge in [-0.15, -0.1) is 6.42 Å². The number of carbonyl (C=O) groups is 1. The highest BCUT2D eigenvalue weighted by Gasteiger charge is 2.55. The number of rotatable bonds is 7. The molecule has 3 heterocycles. The van der Waals surface area contributed by atoms with E-state index in [0.717, 1.165) is 83.6 Å². The number of nitrogens with one attached hydrogen (secondary N) is 1. The van der Waals surface area contributed by atoms with Crippen LogP contribution in [0.1, 0.15) is 43.2 Å². The molecule has 9 heteroatoms. The van der Waals surface area contributed by atoms with Crippen LogP contribution in [0, 0.1) is 29.4 Å². The van der Waals surface area contributed by atoms with Gasteiger partial charge < -0.3 is 24.8 Å². The number of fused-ring (bicyclic) bond motifs is 1. The molecule has 43 heavy (non-hydrogen) atoms. The van der Waals surface area contributed by atoms with Crippen LogP contribution < -0.4 is 10.2 Å². The fraction of sp³-hybridized carbons (Fsp3) is 0.559. The van der Waals surface area contributed by atoms with Crippen molar-refractivity contribution < 1.29 is 17.9 Å². The number of anilines is 1. The minimum atomic E-state index is -3.64. The lowest BCUT2D eigenvalue weighted by molar-refractivity contribution is -0.0106. The molecule has 230 valence electrons. The number of ether oxygens (including phenoxy) is 1. The number of hydrogen-bond acceptors (Lipinski definition) is 7. The summed E-state index contributed by atoms with van der Waals surface area (Å²) >= 11 is 0. The molecule has 2 aromatic rings. The maximum atomic E-state index is 12.4. The molecule has 1 amide bonds. The zero-order chi connectivity index (χ0) is 30.2. The Hall–Kier alpha value is -3.06. The monoisotopic (exact) mass is 604 g/mol. The van der Waals surface area contributed by atoms with Crippen molar-refractivity contribution in [3.63, 3.8) is 0 Å². The van der Waals surface area contributed by atoms with Crippen molar-refractivity contribution in [1.82, 2.24) is 15.1 Å². The van der Waals surface area contributed by atoms with Gasteiger partial charge in [0.05, 0.1) is 4.90 Å². The molecule has 0 aromatic heterocycles. The Kier molecular flexibility index (Phi) is 8.47. The summed E-state index contributed by atoms with van der Waals surface area (Å²) in [5.41, 5.74) is 3.92. The van der Waals surface area contributed by atoms with E-state index in [1.807, 2.05) is 17.4 Å². The molecular formula is C34H44N4O4S. The van der Waals surface area contributed by atoms with E-state index < -0.39 is 9.84 Å². The van der Waals surface area contributed by atoms with E-state index in [0.29, 0.717) is 17.8 Å². The average Bonchev–Trinajstić information content (AvgIpc) is 3.47. The number of terminal acetylenes is 1. The van der Waals surface area contributed by atoms with E-state index in [1.165, 1.54) is 11.1 Å². The molecule has 1 aliphatic carbocycles. The molecule has 2 saturated heterocycles. The summed E-state index contributed by atoms with van der Waals surface area (Å²) in [6.07, 6.45) is 10.2. The molecule has 3 aliphatic heterocycles. The molecule has 4 aliphatic rings. The first-order chi connectivity index (χ1) is 20.7. The van der Waals surface area contributed by atoms with E-state index in [2.05, 4.69) is 51.3 Å². The van der Waals surface area contributed by atoms with Crippen LogP contribution in [0.2, 0.25) is 0 Å². The Labute approximate surface area is 256 Å². The Morgan fingerprint density at radius 1 is 1.07 bits per heavy atom. The third-order valence-corrected chi connectivity index (χ3v) is 11.7. The van der Waals surface area contributed by atoms with E-state index >= 15 is 0 Å². The molecule has 3 atom stereocenters. The van der Waals surface area contributed by atoms with Crippen molar-refractivity contribution in [3.05, 3.63) is 59.7 Å². The number of amides is 1. The van der Waals surface area contributed by atoms with Crippen molar-refractivity contribution in [2.75, 3.05) is 58.3 Å². The number of nitrogens with zero attached hydrogens (tertiary/aromatic N) is 3. The molecule has 3 fully saturated rings. The molecule has 0 bridgehead atoms. The molecule has 1 saturated carbocycles. The molecule has 2 aromatic carbocycles. The van der Waals surface area contributed by atoms with Gasteiger partial charge in [0.1, 0.15) is 6.10 Å². The number of likely N-dealkylation sites (tertiary alicyclic amines) is 1. The number of carbonyl (C=O) groups excluding carboxylic acids is 1. The van der Waals surface area contributed by atoms with Crippen LogP contribution in [0.5, 0.6) is 0 Å². The summed E-state index contributed by atoms with van der Waals surface area (Å²) < 4.78 is 29.9. The third-order valence-electron chi connectivity index (χ3n) is 10.5. The number of piperidine rings is 1. The normalized spacial score (nSPS) is 27.2. The first kappa shape index (κ1) is 30.0. The Morgan fingerprint density at radius 3 is 2.49 bits per heavy atom. The predicted octanol–water partition coefficient (Wildman–Crippen LogP) is 4.11. The van der Waals surface area contributed by atoms with Crippen molar-refractivity contribution in [1.29, 1.82) is 0 Å². The van der Waals surface area contributed by atoms with Crippen LogP contribution in [0.3, 0.4) is 0 Å². The standard InChI is InChI=1S/C34H44N4O4S/c1-4-43(40,41)29-14-12-28(13-15-29)38-21-25(22-38)20-37-18-16-27(17-19-37)34(31-10-7-11-32(31)42-33(39)35-2)24-36(3)23-26-8-5-6-9-30(26)34/h1,5-6,8-9,12-15,25,27,31-32H,7,10-11,16-24H2,2-3H3,(H,35,39)/t31-,32-,34-/m0/s1. The molecule has 8 nitrogen and oxygen atoms in total. The lowest BCUT2D eigenvalue weighted by atomic mass is 9.56. The van der Waals surface area contributed by atoms with Gasteiger partial charge >= 0.3 is 6.09 Å². The van der Waals surface area contributed by atoms with Crippen molar-refractivity contribution in [2.45, 2.75) is 55.1 Å². The number of benzene rings is 2. The topological polar surface area (TPSA) is 82.2 Å². The quantitative estimate of drug-likeness (QED) is 0.376. The summed E-state index contributed by atoms with van der Waals surface area (Å²) in [6, 6.07) is 15.9. The van der Waals surface area contributed by atoms with Crippen LogP contribution in [0.4, 0.5) is 10.5 Å². The van der Waals surface area contributed by atoms with E-state index in [4.69, 9.17) is 11.2 Å². The maximum absolute atomic E-state index is 12.4. The minimum Gasteiger partial charge on any atom is -0.446 e. The van der Waals surface area contributed by atoms with Gasteiger partial charge in [0.2, 0.25) is 9.84 Å². The summed E-state index contributed by atoms with van der Waals surface area (Å²) in [4.78, 5) is 20.0. The first-order valence-electron chi connectivity index (χ1n) is 15.7. The molecule has 0 radical (unpaired) electrons. The van der Waals surface area contributed by atoms with E-state index in [1.54, 1.807) is 19.2 Å². The van der Waals surface area contributed by atoms with Gasteiger partial charge in [-0.05, 0) is 93.6 Å². The maximum Gasteiger partial charge on any atom is 0.407 e. The number of likely N-dealkylation sites (N-methyl/N-ethyl adjacent to an activating group) is 1. The van der Waals surface area contributed by atoms with Crippen LogP contribution in [-0.2, 0) is 26.5 Å². The highest BCUT2D eigenvalue weighted by atomic mass is 32.2. The largest absolute Gasteiger partial charge is 0.446 e. The van der Waals surface area contributed by atoms with Crippen LogP contribution in [0.25, 0.3) is 0 Å². The second kappa shape index (κ2) is 12.1. The lowest BCUT2D eigenvalue weighted by Crippen LogP contribution is -2.58. The Balaban J connectivity index is 1.13. The summed E-state index contributed by atoms with van der Waals surface area (Å²) in [6.45, 7) is 7.18. The van der Waals surface area contributed by atoms with Crippen molar-refractivity contribution in [3.8, 4) is 11.7 Å². The van der Waals surface area contributed by atoms with Gasteiger partial charge in [0, 0.05) is 68.0 Å². The lowest BCUT2D eigenvalue weighted by Gasteiger charge is -2.54.